The third kappa shape index (κ3) is 5.66. The molecule has 2 fully saturated rings. The number of halogens is 3. The number of nitrogens with one attached hydrogen (secondary N) is 1. The molecule has 14 heteroatoms. The summed E-state index contributed by atoms with van der Waals surface area (Å²) in [6, 6.07) is 5.89. The van der Waals surface area contributed by atoms with E-state index in [4.69, 9.17) is 9.84 Å². The van der Waals surface area contributed by atoms with Crippen molar-refractivity contribution < 1.29 is 23.0 Å². The Morgan fingerprint density at radius 2 is 1.95 bits per heavy atom. The number of rotatable bonds is 8. The van der Waals surface area contributed by atoms with Gasteiger partial charge in [0.05, 0.1) is 30.1 Å². The van der Waals surface area contributed by atoms with E-state index in [0.717, 1.165) is 35.1 Å². The van der Waals surface area contributed by atoms with Crippen molar-refractivity contribution in [2.45, 2.75) is 69.8 Å². The summed E-state index contributed by atoms with van der Waals surface area (Å²) in [6.07, 6.45) is 5.33. The lowest BCUT2D eigenvalue weighted by Gasteiger charge is -2.53. The van der Waals surface area contributed by atoms with Gasteiger partial charge in [0, 0.05) is 61.6 Å². The van der Waals surface area contributed by atoms with Crippen molar-refractivity contribution in [1.29, 1.82) is 5.26 Å². The van der Waals surface area contributed by atoms with Crippen molar-refractivity contribution in [2.24, 2.45) is 0 Å². The minimum atomic E-state index is -4.70. The lowest BCUT2D eigenvalue weighted by molar-refractivity contribution is -0.145. The number of nitriles is 1. The standard InChI is InChI=1S/C27H28F3N9O2.CH4/c28-27(29,30)25-36-18(6-10-40)11-22(37-25)41-20-3-1-19(2-4-20)38-14-26(15-38,7-8-31)39-13-17(12-35-39)23-21-5-9-32-24(21)34-16-33-23;/h5,9,11-13,16,19-20,40H,1-4,6-7,10,14-15H2,(H,32,33,34);1H4. The molecule has 4 aromatic rings. The topological polar surface area (TPSA) is 142 Å². The molecule has 2 N–H and O–H groups in total. The van der Waals surface area contributed by atoms with Gasteiger partial charge in [0.1, 0.15) is 23.6 Å². The Balaban J connectivity index is 0.00000353. The van der Waals surface area contributed by atoms with Gasteiger partial charge in [-0.05, 0) is 31.7 Å². The molecule has 0 amide bonds. The molecule has 0 radical (unpaired) electrons. The number of aromatic nitrogens is 7. The van der Waals surface area contributed by atoms with Crippen molar-refractivity contribution in [3.63, 3.8) is 0 Å². The van der Waals surface area contributed by atoms with Crippen molar-refractivity contribution in [3.05, 3.63) is 48.6 Å². The summed E-state index contributed by atoms with van der Waals surface area (Å²) in [5.41, 5.74) is 2.02. The van der Waals surface area contributed by atoms with Crippen LogP contribution in [-0.4, -0.2) is 76.5 Å². The van der Waals surface area contributed by atoms with Crippen LogP contribution in [0.4, 0.5) is 13.2 Å². The fourth-order valence-electron chi connectivity index (χ4n) is 5.86. The van der Waals surface area contributed by atoms with Crippen LogP contribution >= 0.6 is 0 Å². The van der Waals surface area contributed by atoms with E-state index in [1.165, 1.54) is 12.4 Å². The maximum atomic E-state index is 13.2. The molecule has 6 rings (SSSR count). The second-order valence-corrected chi connectivity index (χ2v) is 10.6. The first kappa shape index (κ1) is 29.4. The van der Waals surface area contributed by atoms with Gasteiger partial charge in [0.15, 0.2) is 0 Å². The molecule has 0 unspecified atom stereocenters. The van der Waals surface area contributed by atoms with Gasteiger partial charge in [0.25, 0.3) is 0 Å². The summed E-state index contributed by atoms with van der Waals surface area (Å²) in [6.45, 7) is 1.03. The molecule has 1 aliphatic carbocycles. The highest BCUT2D eigenvalue weighted by Crippen LogP contribution is 2.39. The van der Waals surface area contributed by atoms with E-state index in [2.05, 4.69) is 41.0 Å². The van der Waals surface area contributed by atoms with Gasteiger partial charge >= 0.3 is 6.18 Å². The molecule has 5 heterocycles. The lowest BCUT2D eigenvalue weighted by atomic mass is 9.82. The van der Waals surface area contributed by atoms with E-state index < -0.39 is 17.5 Å². The zero-order valence-electron chi connectivity index (χ0n) is 22.0. The van der Waals surface area contributed by atoms with Gasteiger partial charge in [0.2, 0.25) is 11.7 Å². The largest absolute Gasteiger partial charge is 0.474 e. The van der Waals surface area contributed by atoms with E-state index in [1.54, 1.807) is 6.20 Å². The number of aliphatic hydroxyl groups is 1. The highest BCUT2D eigenvalue weighted by atomic mass is 19.4. The van der Waals surface area contributed by atoms with Crippen molar-refractivity contribution in [1.82, 2.24) is 39.6 Å². The number of nitrogens with zero attached hydrogens (tertiary/aromatic N) is 8. The number of H-pyrrole nitrogens is 1. The summed E-state index contributed by atoms with van der Waals surface area (Å²) in [7, 11) is 0. The van der Waals surface area contributed by atoms with Gasteiger partial charge in [-0.1, -0.05) is 7.43 Å². The number of ether oxygens (including phenoxy) is 1. The number of aromatic amines is 1. The van der Waals surface area contributed by atoms with E-state index >= 15 is 0 Å². The molecule has 1 saturated carbocycles. The normalized spacial score (nSPS) is 20.5. The Morgan fingerprint density at radius 1 is 1.17 bits per heavy atom. The molecule has 1 saturated heterocycles. The average molecular weight is 584 g/mol. The molecular formula is C28H32F3N9O2. The monoisotopic (exact) mass is 583 g/mol. The van der Waals surface area contributed by atoms with Gasteiger partial charge in [-0.15, -0.1) is 0 Å². The highest BCUT2D eigenvalue weighted by Gasteiger charge is 2.48. The Kier molecular flexibility index (Phi) is 8.16. The molecule has 0 spiro atoms. The van der Waals surface area contributed by atoms with Crippen LogP contribution in [-0.2, 0) is 18.1 Å². The predicted molar refractivity (Wildman–Crippen MR) is 146 cm³/mol. The lowest BCUT2D eigenvalue weighted by Crippen LogP contribution is -2.65. The summed E-state index contributed by atoms with van der Waals surface area (Å²) in [4.78, 5) is 21.2. The second kappa shape index (κ2) is 11.7. The van der Waals surface area contributed by atoms with Crippen LogP contribution in [0.3, 0.4) is 0 Å². The van der Waals surface area contributed by atoms with Crippen molar-refractivity contribution in [2.75, 3.05) is 19.7 Å². The van der Waals surface area contributed by atoms with Crippen LogP contribution < -0.4 is 4.74 Å². The summed E-state index contributed by atoms with van der Waals surface area (Å²) < 4.78 is 47.5. The molecular weight excluding hydrogens is 551 g/mol. The van der Waals surface area contributed by atoms with E-state index in [1.807, 2.05) is 23.1 Å². The molecule has 42 heavy (non-hydrogen) atoms. The predicted octanol–water partition coefficient (Wildman–Crippen LogP) is 4.12. The summed E-state index contributed by atoms with van der Waals surface area (Å²) >= 11 is 0. The van der Waals surface area contributed by atoms with Gasteiger partial charge in [-0.2, -0.15) is 28.5 Å². The minimum absolute atomic E-state index is 0. The van der Waals surface area contributed by atoms with Crippen LogP contribution in [0, 0.1) is 11.3 Å². The molecule has 0 bridgehead atoms. The van der Waals surface area contributed by atoms with Gasteiger partial charge < -0.3 is 14.8 Å². The average Bonchev–Trinajstić information content (AvgIpc) is 3.61. The van der Waals surface area contributed by atoms with Crippen LogP contribution in [0.5, 0.6) is 5.88 Å². The van der Waals surface area contributed by atoms with Crippen molar-refractivity contribution >= 4 is 11.0 Å². The van der Waals surface area contributed by atoms with Crippen LogP contribution in [0.1, 0.15) is 51.0 Å². The smallest absolute Gasteiger partial charge is 0.451 e. The Hall–Kier alpha value is -4.09. The number of alkyl halides is 3. The first-order valence-electron chi connectivity index (χ1n) is 13.5. The maximum absolute atomic E-state index is 13.2. The van der Waals surface area contributed by atoms with Crippen molar-refractivity contribution in [3.8, 4) is 23.2 Å². The minimum Gasteiger partial charge on any atom is -0.474 e. The Labute approximate surface area is 240 Å². The Morgan fingerprint density at radius 3 is 2.67 bits per heavy atom. The molecule has 4 aromatic heterocycles. The van der Waals surface area contributed by atoms with Gasteiger partial charge in [-0.3, -0.25) is 9.58 Å². The molecule has 222 valence electrons. The first-order chi connectivity index (χ1) is 19.8. The number of aliphatic hydroxyl groups excluding tert-OH is 1. The number of likely N-dealkylation sites (tertiary alicyclic amines) is 1. The highest BCUT2D eigenvalue weighted by molar-refractivity contribution is 5.90. The summed E-state index contributed by atoms with van der Waals surface area (Å²) in [5.74, 6) is -1.38. The quantitative estimate of drug-likeness (QED) is 0.313. The van der Waals surface area contributed by atoms with E-state index in [0.29, 0.717) is 32.4 Å². The maximum Gasteiger partial charge on any atom is 0.451 e. The van der Waals surface area contributed by atoms with Crippen LogP contribution in [0.15, 0.2) is 37.1 Å². The van der Waals surface area contributed by atoms with E-state index in [-0.39, 0.29) is 44.2 Å². The van der Waals surface area contributed by atoms with Crippen LogP contribution in [0.25, 0.3) is 22.3 Å². The fourth-order valence-corrected chi connectivity index (χ4v) is 5.86. The molecule has 1 aliphatic heterocycles. The number of hydrogen-bond donors (Lipinski definition) is 2. The molecule has 11 nitrogen and oxygen atoms in total. The summed E-state index contributed by atoms with van der Waals surface area (Å²) in [5, 5.41) is 24.3. The second-order valence-electron chi connectivity index (χ2n) is 10.6. The molecule has 0 aromatic carbocycles. The number of fused-ring (bicyclic) bond motifs is 1. The zero-order valence-corrected chi connectivity index (χ0v) is 22.0. The SMILES string of the molecule is C.N#CCC1(n2cc(-c3ncnc4[nH]ccc34)cn2)CN(C2CCC(Oc3cc(CCO)nc(C(F)(F)F)n3)CC2)C1. The first-order valence-corrected chi connectivity index (χ1v) is 13.5. The van der Waals surface area contributed by atoms with E-state index in [9.17, 15) is 18.4 Å². The fraction of sp³-hybridized carbons (Fsp3) is 0.500. The molecule has 0 atom stereocenters. The molecule has 2 aliphatic rings. The Bertz CT molecular complexity index is 1560. The number of hydrogen-bond acceptors (Lipinski definition) is 9. The third-order valence-corrected chi connectivity index (χ3v) is 7.92. The van der Waals surface area contributed by atoms with Gasteiger partial charge in [-0.25, -0.2) is 15.0 Å². The van der Waals surface area contributed by atoms with Crippen LogP contribution in [0.2, 0.25) is 0 Å². The third-order valence-electron chi connectivity index (χ3n) is 7.92. The zero-order chi connectivity index (χ0) is 28.6.